The summed E-state index contributed by atoms with van der Waals surface area (Å²) in [4.78, 5) is 11.9. The summed E-state index contributed by atoms with van der Waals surface area (Å²) in [6, 6.07) is 8.12. The fourth-order valence-electron chi connectivity index (χ4n) is 3.15. The summed E-state index contributed by atoms with van der Waals surface area (Å²) in [6.45, 7) is 6.85. The van der Waals surface area contributed by atoms with E-state index in [1.165, 1.54) is 12.8 Å². The van der Waals surface area contributed by atoms with Crippen LogP contribution in [0.1, 0.15) is 45.1 Å². The van der Waals surface area contributed by atoms with E-state index in [1.54, 1.807) is 0 Å². The second-order valence-electron chi connectivity index (χ2n) is 6.88. The van der Waals surface area contributed by atoms with Gasteiger partial charge >= 0.3 is 0 Å². The van der Waals surface area contributed by atoms with Gasteiger partial charge in [-0.2, -0.15) is 0 Å². The van der Waals surface area contributed by atoms with Gasteiger partial charge in [-0.1, -0.05) is 44.9 Å². The van der Waals surface area contributed by atoms with Gasteiger partial charge in [0.05, 0.1) is 13.0 Å². The number of benzene rings is 1. The predicted octanol–water partition coefficient (Wildman–Crippen LogP) is 3.08. The number of para-hydroxylation sites is 1. The van der Waals surface area contributed by atoms with E-state index >= 15 is 0 Å². The second-order valence-corrected chi connectivity index (χ2v) is 7.29. The van der Waals surface area contributed by atoms with Crippen molar-refractivity contribution in [2.45, 2.75) is 52.5 Å². The molecule has 3 atom stereocenters. The molecule has 0 unspecified atom stereocenters. The topological polar surface area (TPSA) is 62.4 Å². The number of carbonyl (C=O) groups is 1. The van der Waals surface area contributed by atoms with Crippen LogP contribution in [0.3, 0.4) is 0 Å². The number of nitrogens with one attached hydrogen (secondary N) is 3. The summed E-state index contributed by atoms with van der Waals surface area (Å²) in [5.74, 6) is 1.93. The third-order valence-corrected chi connectivity index (χ3v) is 5.24. The molecular weight excluding hydrogens is 334 g/mol. The van der Waals surface area contributed by atoms with E-state index in [-0.39, 0.29) is 12.3 Å². The fourth-order valence-corrected chi connectivity index (χ4v) is 3.35. The van der Waals surface area contributed by atoms with Gasteiger partial charge in [-0.3, -0.25) is 15.6 Å². The van der Waals surface area contributed by atoms with Crippen molar-refractivity contribution in [1.29, 1.82) is 0 Å². The van der Waals surface area contributed by atoms with Crippen molar-refractivity contribution in [2.24, 2.45) is 11.8 Å². The SMILES string of the molecule is Cc1ccccc1OCCC(=O)NNC(=S)N[C@H]1CCC[C@@H](C)[C@@H]1C. The summed E-state index contributed by atoms with van der Waals surface area (Å²) in [5.41, 5.74) is 6.47. The molecule has 1 aliphatic rings. The Labute approximate surface area is 155 Å². The largest absolute Gasteiger partial charge is 0.493 e. The Morgan fingerprint density at radius 2 is 2.00 bits per heavy atom. The minimum Gasteiger partial charge on any atom is -0.493 e. The molecule has 0 aliphatic heterocycles. The second kappa shape index (κ2) is 9.61. The Bertz CT molecular complexity index is 594. The minimum absolute atomic E-state index is 0.150. The number of hydrogen-bond acceptors (Lipinski definition) is 3. The van der Waals surface area contributed by atoms with E-state index in [1.807, 2.05) is 31.2 Å². The number of thiocarbonyl (C=S) groups is 1. The van der Waals surface area contributed by atoms with Gasteiger partial charge in [-0.05, 0) is 49.0 Å². The molecule has 1 aromatic carbocycles. The zero-order chi connectivity index (χ0) is 18.2. The molecule has 5 nitrogen and oxygen atoms in total. The molecule has 3 N–H and O–H groups in total. The molecule has 1 fully saturated rings. The number of hydrazine groups is 1. The molecule has 138 valence electrons. The number of ether oxygens (including phenoxy) is 1. The number of carbonyl (C=O) groups excluding carboxylic acids is 1. The van der Waals surface area contributed by atoms with Crippen LogP contribution in [0.15, 0.2) is 24.3 Å². The minimum atomic E-state index is -0.150. The summed E-state index contributed by atoms with van der Waals surface area (Å²) in [5, 5.41) is 3.79. The van der Waals surface area contributed by atoms with E-state index in [0.29, 0.717) is 29.6 Å². The van der Waals surface area contributed by atoms with Crippen LogP contribution >= 0.6 is 12.2 Å². The lowest BCUT2D eigenvalue weighted by atomic mass is 9.78. The van der Waals surface area contributed by atoms with Crippen molar-refractivity contribution in [3.05, 3.63) is 29.8 Å². The summed E-state index contributed by atoms with van der Waals surface area (Å²) in [7, 11) is 0. The zero-order valence-corrected chi connectivity index (χ0v) is 16.1. The average Bonchev–Trinajstić information content (AvgIpc) is 2.59. The Morgan fingerprint density at radius 1 is 1.24 bits per heavy atom. The van der Waals surface area contributed by atoms with Gasteiger partial charge < -0.3 is 10.1 Å². The van der Waals surface area contributed by atoms with E-state index < -0.39 is 0 Å². The van der Waals surface area contributed by atoms with Gasteiger partial charge in [0, 0.05) is 6.04 Å². The number of hydrogen-bond donors (Lipinski definition) is 3. The smallest absolute Gasteiger partial charge is 0.241 e. The standard InChI is InChI=1S/C19H29N3O2S/c1-13-8-6-9-16(15(13)3)20-19(25)22-21-18(23)11-12-24-17-10-5-4-7-14(17)2/h4-5,7,10,13,15-16H,6,8-9,11-12H2,1-3H3,(H,21,23)(H2,20,22,25)/t13-,15+,16+/m1/s1. The molecule has 1 amide bonds. The first kappa shape index (κ1) is 19.5. The maximum atomic E-state index is 11.9. The van der Waals surface area contributed by atoms with Crippen LogP contribution < -0.4 is 20.9 Å². The molecule has 0 radical (unpaired) electrons. The maximum Gasteiger partial charge on any atom is 0.241 e. The Balaban J connectivity index is 1.64. The van der Waals surface area contributed by atoms with Crippen LogP contribution in [-0.4, -0.2) is 23.7 Å². The maximum absolute atomic E-state index is 11.9. The first-order valence-corrected chi connectivity index (χ1v) is 9.42. The molecular formula is C19H29N3O2S. The zero-order valence-electron chi connectivity index (χ0n) is 15.3. The van der Waals surface area contributed by atoms with Crippen molar-refractivity contribution >= 4 is 23.2 Å². The summed E-state index contributed by atoms with van der Waals surface area (Å²) in [6.07, 6.45) is 3.87. The summed E-state index contributed by atoms with van der Waals surface area (Å²) < 4.78 is 5.62. The van der Waals surface area contributed by atoms with Crippen LogP contribution in [0.5, 0.6) is 5.75 Å². The highest BCUT2D eigenvalue weighted by molar-refractivity contribution is 7.80. The quantitative estimate of drug-likeness (QED) is 0.554. The van der Waals surface area contributed by atoms with E-state index in [2.05, 4.69) is 30.0 Å². The van der Waals surface area contributed by atoms with E-state index in [9.17, 15) is 4.79 Å². The monoisotopic (exact) mass is 363 g/mol. The third-order valence-electron chi connectivity index (χ3n) is 5.02. The third kappa shape index (κ3) is 6.20. The predicted molar refractivity (Wildman–Crippen MR) is 104 cm³/mol. The number of amides is 1. The average molecular weight is 364 g/mol. The molecule has 0 saturated heterocycles. The van der Waals surface area contributed by atoms with Gasteiger partial charge in [0.25, 0.3) is 0 Å². The lowest BCUT2D eigenvalue weighted by Crippen LogP contribution is -2.52. The van der Waals surface area contributed by atoms with Crippen LogP contribution in [0.25, 0.3) is 0 Å². The number of aryl methyl sites for hydroxylation is 1. The first-order chi connectivity index (χ1) is 12.0. The summed E-state index contributed by atoms with van der Waals surface area (Å²) >= 11 is 5.28. The highest BCUT2D eigenvalue weighted by Crippen LogP contribution is 2.29. The molecule has 25 heavy (non-hydrogen) atoms. The Kier molecular flexibility index (Phi) is 7.50. The van der Waals surface area contributed by atoms with Crippen LogP contribution in [0.2, 0.25) is 0 Å². The molecule has 1 saturated carbocycles. The van der Waals surface area contributed by atoms with Crippen LogP contribution in [-0.2, 0) is 4.79 Å². The molecule has 6 heteroatoms. The van der Waals surface area contributed by atoms with E-state index in [0.717, 1.165) is 17.7 Å². The number of rotatable bonds is 5. The highest BCUT2D eigenvalue weighted by atomic mass is 32.1. The van der Waals surface area contributed by atoms with Crippen molar-refractivity contribution in [3.63, 3.8) is 0 Å². The van der Waals surface area contributed by atoms with E-state index in [4.69, 9.17) is 17.0 Å². The molecule has 0 bridgehead atoms. The van der Waals surface area contributed by atoms with Crippen LogP contribution in [0.4, 0.5) is 0 Å². The fraction of sp³-hybridized carbons (Fsp3) is 0.579. The van der Waals surface area contributed by atoms with Crippen molar-refractivity contribution in [2.75, 3.05) is 6.61 Å². The van der Waals surface area contributed by atoms with Gasteiger partial charge in [0.2, 0.25) is 5.91 Å². The van der Waals surface area contributed by atoms with Crippen molar-refractivity contribution in [1.82, 2.24) is 16.2 Å². The Hall–Kier alpha value is -1.82. The van der Waals surface area contributed by atoms with Gasteiger partial charge in [-0.15, -0.1) is 0 Å². The first-order valence-electron chi connectivity index (χ1n) is 9.01. The molecule has 0 heterocycles. The normalized spacial score (nSPS) is 22.8. The highest BCUT2D eigenvalue weighted by Gasteiger charge is 2.27. The molecule has 2 rings (SSSR count). The van der Waals surface area contributed by atoms with Gasteiger partial charge in [-0.25, -0.2) is 0 Å². The lowest BCUT2D eigenvalue weighted by molar-refractivity contribution is -0.122. The van der Waals surface area contributed by atoms with Crippen molar-refractivity contribution < 1.29 is 9.53 Å². The van der Waals surface area contributed by atoms with Gasteiger partial charge in [0.1, 0.15) is 5.75 Å². The van der Waals surface area contributed by atoms with Crippen molar-refractivity contribution in [3.8, 4) is 5.75 Å². The van der Waals surface area contributed by atoms with Gasteiger partial charge in [0.15, 0.2) is 5.11 Å². The lowest BCUT2D eigenvalue weighted by Gasteiger charge is -2.35. The Morgan fingerprint density at radius 3 is 2.76 bits per heavy atom. The molecule has 0 spiro atoms. The van der Waals surface area contributed by atoms with Crippen LogP contribution in [0, 0.1) is 18.8 Å². The molecule has 1 aliphatic carbocycles. The molecule has 0 aromatic heterocycles. The molecule has 1 aromatic rings.